The number of rotatable bonds is 3. The van der Waals surface area contributed by atoms with Crippen molar-refractivity contribution in [2.75, 3.05) is 39.8 Å². The van der Waals surface area contributed by atoms with E-state index in [9.17, 15) is 9.90 Å². The van der Waals surface area contributed by atoms with E-state index in [-0.39, 0.29) is 22.8 Å². The predicted octanol–water partition coefficient (Wildman–Crippen LogP) is 3.89. The van der Waals surface area contributed by atoms with Gasteiger partial charge >= 0.3 is 0 Å². The molecule has 2 fully saturated rings. The predicted molar refractivity (Wildman–Crippen MR) is 132 cm³/mol. The molecule has 5 rings (SSSR count). The highest BCUT2D eigenvalue weighted by atomic mass is 16.3. The van der Waals surface area contributed by atoms with Crippen molar-refractivity contribution >= 4 is 5.91 Å². The van der Waals surface area contributed by atoms with Crippen molar-refractivity contribution in [3.8, 4) is 5.75 Å². The van der Waals surface area contributed by atoms with Crippen LogP contribution in [0.2, 0.25) is 0 Å². The van der Waals surface area contributed by atoms with Crippen molar-refractivity contribution in [1.82, 2.24) is 14.7 Å². The van der Waals surface area contributed by atoms with Crippen LogP contribution in [0.25, 0.3) is 0 Å². The monoisotopic (exact) mass is 447 g/mol. The largest absolute Gasteiger partial charge is 0.508 e. The van der Waals surface area contributed by atoms with Crippen LogP contribution in [0, 0.1) is 5.41 Å². The molecule has 3 aliphatic rings. The molecule has 2 atom stereocenters. The van der Waals surface area contributed by atoms with Gasteiger partial charge in [0.25, 0.3) is 5.91 Å². The van der Waals surface area contributed by atoms with E-state index >= 15 is 0 Å². The van der Waals surface area contributed by atoms with E-state index in [2.05, 4.69) is 60.7 Å². The average molecular weight is 448 g/mol. The van der Waals surface area contributed by atoms with Crippen LogP contribution < -0.4 is 0 Å². The first-order chi connectivity index (χ1) is 15.7. The lowest BCUT2D eigenvalue weighted by Crippen LogP contribution is -2.64. The number of carbonyl (C=O) groups excluding carboxylic acids is 1. The van der Waals surface area contributed by atoms with E-state index in [1.807, 2.05) is 18.2 Å². The van der Waals surface area contributed by atoms with Gasteiger partial charge in [-0.1, -0.05) is 45.0 Å². The van der Waals surface area contributed by atoms with Crippen LogP contribution in [0.5, 0.6) is 5.75 Å². The number of likely N-dealkylation sites (N-methyl/N-ethyl adjacent to an activating group) is 1. The van der Waals surface area contributed by atoms with E-state index < -0.39 is 0 Å². The van der Waals surface area contributed by atoms with Crippen molar-refractivity contribution in [3.05, 3.63) is 64.7 Å². The van der Waals surface area contributed by atoms with Gasteiger partial charge in [0.05, 0.1) is 0 Å². The summed E-state index contributed by atoms with van der Waals surface area (Å²) in [5, 5.41) is 10.6. The standard InChI is InChI=1S/C28H37N3O2/c1-27(2)25-18-22-23(6-5-7-24(22)32)28(27,3)12-13-31(25)26(33)21-10-8-20(9-11-21)19-30-16-14-29(4)15-17-30/h5-11,25,32H,12-19H2,1-4H3. The Morgan fingerprint density at radius 2 is 1.70 bits per heavy atom. The van der Waals surface area contributed by atoms with Crippen LogP contribution in [0.4, 0.5) is 0 Å². The molecule has 2 unspecified atom stereocenters. The Bertz CT molecular complexity index is 1040. The zero-order valence-electron chi connectivity index (χ0n) is 20.5. The molecule has 33 heavy (non-hydrogen) atoms. The smallest absolute Gasteiger partial charge is 0.254 e. The van der Waals surface area contributed by atoms with Gasteiger partial charge < -0.3 is 14.9 Å². The van der Waals surface area contributed by atoms with Crippen molar-refractivity contribution in [1.29, 1.82) is 0 Å². The number of fused-ring (bicyclic) bond motifs is 4. The van der Waals surface area contributed by atoms with Gasteiger partial charge in [-0.25, -0.2) is 0 Å². The Labute approximate surface area is 198 Å². The van der Waals surface area contributed by atoms with Crippen LogP contribution in [0.1, 0.15) is 54.2 Å². The van der Waals surface area contributed by atoms with E-state index in [4.69, 9.17) is 0 Å². The third-order valence-electron chi connectivity index (χ3n) is 9.09. The summed E-state index contributed by atoms with van der Waals surface area (Å²) in [5.41, 5.74) is 4.16. The molecule has 2 aromatic rings. The Kier molecular flexibility index (Phi) is 5.53. The molecular formula is C28H37N3O2. The van der Waals surface area contributed by atoms with Gasteiger partial charge in [0.15, 0.2) is 0 Å². The molecule has 0 spiro atoms. The third kappa shape index (κ3) is 3.66. The minimum Gasteiger partial charge on any atom is -0.508 e. The molecule has 2 aromatic carbocycles. The minimum atomic E-state index is -0.0803. The van der Waals surface area contributed by atoms with Crippen LogP contribution in [-0.2, 0) is 18.4 Å². The zero-order valence-corrected chi connectivity index (χ0v) is 20.5. The summed E-state index contributed by atoms with van der Waals surface area (Å²) >= 11 is 0. The van der Waals surface area contributed by atoms with Gasteiger partial charge in [0, 0.05) is 56.3 Å². The molecular weight excluding hydrogens is 410 g/mol. The topological polar surface area (TPSA) is 47.0 Å². The zero-order chi connectivity index (χ0) is 23.4. The first-order valence-electron chi connectivity index (χ1n) is 12.3. The molecule has 0 aromatic heterocycles. The lowest BCUT2D eigenvalue weighted by atomic mass is 9.51. The second kappa shape index (κ2) is 8.14. The molecule has 5 heteroatoms. The quantitative estimate of drug-likeness (QED) is 0.775. The Hall–Kier alpha value is -2.37. The molecule has 2 saturated heterocycles. The highest BCUT2D eigenvalue weighted by molar-refractivity contribution is 5.94. The van der Waals surface area contributed by atoms with Crippen molar-refractivity contribution in [2.24, 2.45) is 5.41 Å². The number of hydrogen-bond donors (Lipinski definition) is 1. The minimum absolute atomic E-state index is 0.0624. The van der Waals surface area contributed by atoms with Gasteiger partial charge in [-0.3, -0.25) is 9.69 Å². The van der Waals surface area contributed by atoms with Gasteiger partial charge in [-0.2, -0.15) is 0 Å². The molecule has 176 valence electrons. The Morgan fingerprint density at radius 3 is 2.39 bits per heavy atom. The van der Waals surface area contributed by atoms with Crippen LogP contribution >= 0.6 is 0 Å². The third-order valence-corrected chi connectivity index (χ3v) is 9.09. The molecule has 2 aliphatic heterocycles. The Morgan fingerprint density at radius 1 is 1.00 bits per heavy atom. The number of amides is 1. The number of hydrogen-bond acceptors (Lipinski definition) is 4. The highest BCUT2D eigenvalue weighted by Crippen LogP contribution is 2.57. The maximum atomic E-state index is 13.7. The maximum absolute atomic E-state index is 13.7. The second-order valence-corrected chi connectivity index (χ2v) is 11.1. The fourth-order valence-electron chi connectivity index (χ4n) is 6.35. The summed E-state index contributed by atoms with van der Waals surface area (Å²) in [7, 11) is 2.18. The van der Waals surface area contributed by atoms with Gasteiger partial charge in [0.2, 0.25) is 0 Å². The molecule has 5 nitrogen and oxygen atoms in total. The van der Waals surface area contributed by atoms with Crippen LogP contribution in [-0.4, -0.2) is 71.5 Å². The van der Waals surface area contributed by atoms with Gasteiger partial charge in [-0.05, 0) is 60.2 Å². The summed E-state index contributed by atoms with van der Waals surface area (Å²) in [5.74, 6) is 0.474. The number of carbonyl (C=O) groups is 1. The molecule has 1 aliphatic carbocycles. The second-order valence-electron chi connectivity index (χ2n) is 11.1. The fraction of sp³-hybridized carbons (Fsp3) is 0.536. The number of piperazine rings is 1. The average Bonchev–Trinajstić information content (AvgIpc) is 2.78. The first kappa shape index (κ1) is 22.4. The summed E-state index contributed by atoms with van der Waals surface area (Å²) in [6.07, 6.45) is 1.61. The number of likely N-dealkylation sites (tertiary alicyclic amines) is 1. The molecule has 0 saturated carbocycles. The number of phenolic OH excluding ortho intramolecular Hbond substituents is 1. The fourth-order valence-corrected chi connectivity index (χ4v) is 6.35. The number of aromatic hydroxyl groups is 1. The van der Waals surface area contributed by atoms with Crippen LogP contribution in [0.3, 0.4) is 0 Å². The summed E-state index contributed by atoms with van der Waals surface area (Å²) in [4.78, 5) is 20.6. The number of benzene rings is 2. The molecule has 1 amide bonds. The number of nitrogens with zero attached hydrogens (tertiary/aromatic N) is 3. The lowest BCUT2D eigenvalue weighted by Gasteiger charge is -2.60. The van der Waals surface area contributed by atoms with Crippen molar-refractivity contribution in [2.45, 2.75) is 51.6 Å². The summed E-state index contributed by atoms with van der Waals surface area (Å²) < 4.78 is 0. The van der Waals surface area contributed by atoms with Crippen molar-refractivity contribution < 1.29 is 9.90 Å². The van der Waals surface area contributed by atoms with E-state index in [0.29, 0.717) is 12.2 Å². The normalized spacial score (nSPS) is 27.3. The summed E-state index contributed by atoms with van der Waals surface area (Å²) in [6, 6.07) is 14.2. The highest BCUT2D eigenvalue weighted by Gasteiger charge is 2.57. The first-order valence-corrected chi connectivity index (χ1v) is 12.3. The van der Waals surface area contributed by atoms with E-state index in [1.54, 1.807) is 6.07 Å². The van der Waals surface area contributed by atoms with Gasteiger partial charge in [0.1, 0.15) is 5.75 Å². The van der Waals surface area contributed by atoms with E-state index in [1.165, 1.54) is 11.1 Å². The Balaban J connectivity index is 1.36. The number of phenols is 1. The van der Waals surface area contributed by atoms with Crippen LogP contribution in [0.15, 0.2) is 42.5 Å². The lowest BCUT2D eigenvalue weighted by molar-refractivity contribution is -0.0266. The maximum Gasteiger partial charge on any atom is 0.254 e. The van der Waals surface area contributed by atoms with Gasteiger partial charge in [-0.15, -0.1) is 0 Å². The molecule has 2 heterocycles. The summed E-state index contributed by atoms with van der Waals surface area (Å²) in [6.45, 7) is 13.0. The molecule has 2 bridgehead atoms. The molecule has 1 N–H and O–H groups in total. The van der Waals surface area contributed by atoms with Crippen molar-refractivity contribution in [3.63, 3.8) is 0 Å². The number of piperidine rings is 1. The molecule has 0 radical (unpaired) electrons. The SMILES string of the molecule is CN1CCN(Cc2ccc(C(=O)N3CCC4(C)c5cccc(O)c5CC3C4(C)C)cc2)CC1. The van der Waals surface area contributed by atoms with E-state index in [0.717, 1.165) is 56.8 Å².